The van der Waals surface area contributed by atoms with Crippen molar-refractivity contribution in [3.05, 3.63) is 54.1 Å². The van der Waals surface area contributed by atoms with E-state index in [0.717, 1.165) is 17.9 Å². The minimum atomic E-state index is -0.0729. The van der Waals surface area contributed by atoms with Crippen LogP contribution in [-0.4, -0.2) is 40.2 Å². The summed E-state index contributed by atoms with van der Waals surface area (Å²) in [4.78, 5) is 19.0. The lowest BCUT2D eigenvalue weighted by atomic mass is 10.1. The summed E-state index contributed by atoms with van der Waals surface area (Å²) in [6.07, 6.45) is 3.74. The summed E-state index contributed by atoms with van der Waals surface area (Å²) in [7, 11) is 0. The molecule has 2 amide bonds. The van der Waals surface area contributed by atoms with Crippen molar-refractivity contribution in [2.75, 3.05) is 19.8 Å². The van der Waals surface area contributed by atoms with Crippen molar-refractivity contribution in [1.82, 2.24) is 19.8 Å². The van der Waals surface area contributed by atoms with Gasteiger partial charge >= 0.3 is 6.03 Å². The number of amides is 2. The first kappa shape index (κ1) is 17.5. The van der Waals surface area contributed by atoms with Gasteiger partial charge in [-0.15, -0.1) is 0 Å². The van der Waals surface area contributed by atoms with Crippen molar-refractivity contribution < 1.29 is 9.53 Å². The number of benzene rings is 1. The fraction of sp³-hybridized carbons (Fsp3) is 0.474. The summed E-state index contributed by atoms with van der Waals surface area (Å²) in [5.41, 5.74) is 1.10. The van der Waals surface area contributed by atoms with Crippen LogP contribution in [0.1, 0.15) is 31.3 Å². The van der Waals surface area contributed by atoms with Gasteiger partial charge in [0.25, 0.3) is 0 Å². The summed E-state index contributed by atoms with van der Waals surface area (Å²) in [6, 6.07) is 9.91. The van der Waals surface area contributed by atoms with Crippen LogP contribution >= 0.6 is 0 Å². The molecule has 2 aromatic rings. The highest BCUT2D eigenvalue weighted by Crippen LogP contribution is 2.24. The normalized spacial score (nSPS) is 17.7. The summed E-state index contributed by atoms with van der Waals surface area (Å²) in [5.74, 6) is 1.41. The molecule has 1 aliphatic rings. The highest BCUT2D eigenvalue weighted by atomic mass is 16.5. The molecule has 0 aliphatic carbocycles. The smallest absolute Gasteiger partial charge is 0.318 e. The van der Waals surface area contributed by atoms with Crippen LogP contribution in [-0.2, 0) is 17.8 Å². The van der Waals surface area contributed by atoms with Crippen LogP contribution in [0.25, 0.3) is 0 Å². The minimum absolute atomic E-state index is 0.0506. The lowest BCUT2D eigenvalue weighted by molar-refractivity contribution is 0.0115. The Kier molecular flexibility index (Phi) is 5.71. The number of carbonyl (C=O) groups excluding carboxylic acids is 1. The summed E-state index contributed by atoms with van der Waals surface area (Å²) >= 11 is 0. The third-order valence-corrected chi connectivity index (χ3v) is 4.33. The first-order valence-corrected chi connectivity index (χ1v) is 8.82. The van der Waals surface area contributed by atoms with Crippen LogP contribution in [0.15, 0.2) is 42.7 Å². The molecular formula is C19H26N4O2. The molecule has 0 unspecified atom stereocenters. The van der Waals surface area contributed by atoms with Crippen molar-refractivity contribution in [3.63, 3.8) is 0 Å². The monoisotopic (exact) mass is 342 g/mol. The van der Waals surface area contributed by atoms with Crippen molar-refractivity contribution >= 4 is 6.03 Å². The molecule has 1 aromatic carbocycles. The Morgan fingerprint density at radius 2 is 2.16 bits per heavy atom. The second-order valence-corrected chi connectivity index (χ2v) is 6.74. The van der Waals surface area contributed by atoms with Crippen molar-refractivity contribution in [2.24, 2.45) is 5.92 Å². The van der Waals surface area contributed by atoms with E-state index in [1.807, 2.05) is 41.4 Å². The number of carbonyl (C=O) groups is 1. The number of hydrogen-bond acceptors (Lipinski definition) is 3. The lowest BCUT2D eigenvalue weighted by Gasteiger charge is -2.35. The number of nitrogens with one attached hydrogen (secondary N) is 1. The van der Waals surface area contributed by atoms with Gasteiger partial charge in [0, 0.05) is 25.5 Å². The Balaban J connectivity index is 1.64. The zero-order chi connectivity index (χ0) is 17.6. The highest BCUT2D eigenvalue weighted by molar-refractivity contribution is 5.74. The molecule has 6 nitrogen and oxygen atoms in total. The molecule has 1 atom stereocenters. The van der Waals surface area contributed by atoms with Gasteiger partial charge in [-0.2, -0.15) is 0 Å². The number of aromatic nitrogens is 2. The number of imidazole rings is 1. The molecular weight excluding hydrogens is 316 g/mol. The number of urea groups is 1. The zero-order valence-electron chi connectivity index (χ0n) is 14.9. The third-order valence-electron chi connectivity index (χ3n) is 4.33. The zero-order valence-corrected chi connectivity index (χ0v) is 14.9. The summed E-state index contributed by atoms with van der Waals surface area (Å²) in [6.45, 7) is 7.35. The van der Waals surface area contributed by atoms with Crippen molar-refractivity contribution in [2.45, 2.75) is 33.0 Å². The minimum Gasteiger partial charge on any atom is -0.377 e. The molecule has 0 spiro atoms. The molecule has 3 rings (SSSR count). The van der Waals surface area contributed by atoms with E-state index in [1.165, 1.54) is 0 Å². The van der Waals surface area contributed by atoms with Gasteiger partial charge in [0.15, 0.2) is 0 Å². The Morgan fingerprint density at radius 1 is 1.36 bits per heavy atom. The Labute approximate surface area is 148 Å². The van der Waals surface area contributed by atoms with E-state index in [0.29, 0.717) is 32.2 Å². The molecule has 6 heteroatoms. The van der Waals surface area contributed by atoms with E-state index in [-0.39, 0.29) is 12.1 Å². The maximum Gasteiger partial charge on any atom is 0.318 e. The maximum absolute atomic E-state index is 12.7. The molecule has 1 aromatic heterocycles. The SMILES string of the molecule is CC(C)Cn1ccnc1CNC(=O)N1CCOC[C@@H]1c1ccccc1. The molecule has 1 saturated heterocycles. The number of nitrogens with zero attached hydrogens (tertiary/aromatic N) is 3. The van der Waals surface area contributed by atoms with E-state index in [2.05, 4.69) is 28.7 Å². The van der Waals surface area contributed by atoms with E-state index in [9.17, 15) is 4.79 Å². The van der Waals surface area contributed by atoms with Gasteiger partial charge in [-0.25, -0.2) is 9.78 Å². The van der Waals surface area contributed by atoms with Gasteiger partial charge < -0.3 is 19.5 Å². The number of rotatable bonds is 5. The van der Waals surface area contributed by atoms with Crippen LogP contribution in [0.4, 0.5) is 4.79 Å². The number of ether oxygens (including phenoxy) is 1. The molecule has 0 radical (unpaired) electrons. The Bertz CT molecular complexity index is 684. The molecule has 0 saturated carbocycles. The van der Waals surface area contributed by atoms with E-state index < -0.39 is 0 Å². The molecule has 1 fully saturated rings. The lowest BCUT2D eigenvalue weighted by Crippen LogP contribution is -2.48. The maximum atomic E-state index is 12.7. The van der Waals surface area contributed by atoms with Crippen molar-refractivity contribution in [1.29, 1.82) is 0 Å². The van der Waals surface area contributed by atoms with Gasteiger partial charge in [0.05, 0.1) is 25.8 Å². The van der Waals surface area contributed by atoms with Crippen LogP contribution in [0.5, 0.6) is 0 Å². The van der Waals surface area contributed by atoms with E-state index in [1.54, 1.807) is 6.20 Å². The molecule has 1 aliphatic heterocycles. The first-order chi connectivity index (χ1) is 12.1. The predicted octanol–water partition coefficient (Wildman–Crippen LogP) is 2.82. The molecule has 134 valence electrons. The number of morpholine rings is 1. The predicted molar refractivity (Wildman–Crippen MR) is 96.0 cm³/mol. The van der Waals surface area contributed by atoms with E-state index in [4.69, 9.17) is 4.74 Å². The van der Waals surface area contributed by atoms with Crippen LogP contribution in [0.3, 0.4) is 0 Å². The Hall–Kier alpha value is -2.34. The highest BCUT2D eigenvalue weighted by Gasteiger charge is 2.28. The fourth-order valence-electron chi connectivity index (χ4n) is 3.12. The largest absolute Gasteiger partial charge is 0.377 e. The van der Waals surface area contributed by atoms with Gasteiger partial charge in [-0.05, 0) is 11.5 Å². The summed E-state index contributed by atoms with van der Waals surface area (Å²) in [5, 5.41) is 3.02. The van der Waals surface area contributed by atoms with Crippen LogP contribution < -0.4 is 5.32 Å². The molecule has 0 bridgehead atoms. The second-order valence-electron chi connectivity index (χ2n) is 6.74. The fourth-order valence-corrected chi connectivity index (χ4v) is 3.12. The van der Waals surface area contributed by atoms with Gasteiger partial charge in [-0.3, -0.25) is 0 Å². The van der Waals surface area contributed by atoms with Crippen molar-refractivity contribution in [3.8, 4) is 0 Å². The third kappa shape index (κ3) is 4.39. The van der Waals surface area contributed by atoms with E-state index >= 15 is 0 Å². The van der Waals surface area contributed by atoms with Crippen LogP contribution in [0, 0.1) is 5.92 Å². The van der Waals surface area contributed by atoms with Gasteiger partial charge in [-0.1, -0.05) is 44.2 Å². The van der Waals surface area contributed by atoms with Gasteiger partial charge in [0.2, 0.25) is 0 Å². The van der Waals surface area contributed by atoms with Gasteiger partial charge in [0.1, 0.15) is 5.82 Å². The molecule has 1 N–H and O–H groups in total. The second kappa shape index (κ2) is 8.16. The summed E-state index contributed by atoms with van der Waals surface area (Å²) < 4.78 is 7.69. The standard InChI is InChI=1S/C19H26N4O2/c1-15(2)13-22-9-8-20-18(22)12-21-19(24)23-10-11-25-14-17(23)16-6-4-3-5-7-16/h3-9,15,17H,10-14H2,1-2H3,(H,21,24)/t17-/m1/s1. The molecule has 2 heterocycles. The topological polar surface area (TPSA) is 59.4 Å². The average molecular weight is 342 g/mol. The molecule has 25 heavy (non-hydrogen) atoms. The average Bonchev–Trinajstić information content (AvgIpc) is 3.06. The quantitative estimate of drug-likeness (QED) is 0.909. The first-order valence-electron chi connectivity index (χ1n) is 8.82. The number of hydrogen-bond donors (Lipinski definition) is 1. The Morgan fingerprint density at radius 3 is 2.92 bits per heavy atom. The van der Waals surface area contributed by atoms with Crippen LogP contribution in [0.2, 0.25) is 0 Å².